The second-order valence-electron chi connectivity index (χ2n) is 6.84. The van der Waals surface area contributed by atoms with Gasteiger partial charge in [-0.3, -0.25) is 19.4 Å². The summed E-state index contributed by atoms with van der Waals surface area (Å²) in [4.78, 5) is 24.3. The fourth-order valence-corrected chi connectivity index (χ4v) is 3.95. The van der Waals surface area contributed by atoms with E-state index in [0.717, 1.165) is 5.56 Å². The van der Waals surface area contributed by atoms with Crippen LogP contribution in [0.1, 0.15) is 37.7 Å². The molecular formula is C20H21N5O4S. The highest BCUT2D eigenvalue weighted by molar-refractivity contribution is 7.92. The maximum Gasteiger partial charge on any atom is 0.271 e. The van der Waals surface area contributed by atoms with E-state index in [1.807, 2.05) is 13.0 Å². The van der Waals surface area contributed by atoms with Crippen LogP contribution in [0.4, 0.5) is 11.4 Å². The Morgan fingerprint density at radius 2 is 1.80 bits per heavy atom. The van der Waals surface area contributed by atoms with Crippen LogP contribution in [-0.2, 0) is 10.0 Å². The highest BCUT2D eigenvalue weighted by Crippen LogP contribution is 2.22. The molecule has 156 valence electrons. The van der Waals surface area contributed by atoms with Gasteiger partial charge in [0.05, 0.1) is 16.3 Å². The molecule has 3 rings (SSSR count). The normalized spacial score (nSPS) is 11.2. The molecule has 0 unspecified atom stereocenters. The summed E-state index contributed by atoms with van der Waals surface area (Å²) in [5.74, 6) is -1.39. The highest BCUT2D eigenvalue weighted by Gasteiger charge is 2.21. The fourth-order valence-electron chi connectivity index (χ4n) is 2.88. The first-order valence-electron chi connectivity index (χ1n) is 8.95. The number of anilines is 2. The minimum absolute atomic E-state index is 0.0706. The molecule has 2 amide bonds. The lowest BCUT2D eigenvalue weighted by molar-refractivity contribution is 0.0996. The Labute approximate surface area is 173 Å². The lowest BCUT2D eigenvalue weighted by Gasteiger charge is -2.12. The van der Waals surface area contributed by atoms with E-state index in [4.69, 9.17) is 5.73 Å². The second-order valence-corrected chi connectivity index (χ2v) is 8.52. The van der Waals surface area contributed by atoms with Crippen LogP contribution in [0.5, 0.6) is 0 Å². The molecule has 0 spiro atoms. The summed E-state index contributed by atoms with van der Waals surface area (Å²) in [5.41, 5.74) is 7.78. The number of benzene rings is 2. The molecule has 5 N–H and O–H groups in total. The number of aryl methyl sites for hydroxylation is 3. The van der Waals surface area contributed by atoms with E-state index in [0.29, 0.717) is 16.9 Å². The molecule has 0 atom stereocenters. The number of sulfonamides is 1. The minimum atomic E-state index is -3.92. The number of nitrogens with one attached hydrogen (secondary N) is 3. The second kappa shape index (κ2) is 7.99. The number of nitrogens with zero attached hydrogens (tertiary/aromatic N) is 1. The van der Waals surface area contributed by atoms with Gasteiger partial charge in [0, 0.05) is 11.3 Å². The Morgan fingerprint density at radius 1 is 1.07 bits per heavy atom. The van der Waals surface area contributed by atoms with Gasteiger partial charge in [0.25, 0.3) is 21.8 Å². The van der Waals surface area contributed by atoms with E-state index < -0.39 is 21.8 Å². The first-order valence-corrected chi connectivity index (χ1v) is 10.4. The van der Waals surface area contributed by atoms with Crippen LogP contribution < -0.4 is 15.8 Å². The van der Waals surface area contributed by atoms with Crippen LogP contribution >= 0.6 is 0 Å². The summed E-state index contributed by atoms with van der Waals surface area (Å²) < 4.78 is 28.1. The van der Waals surface area contributed by atoms with Crippen LogP contribution in [0.3, 0.4) is 0 Å². The van der Waals surface area contributed by atoms with Crippen molar-refractivity contribution in [3.8, 4) is 0 Å². The SMILES string of the molecule is Cc1cccc(NS(=O)(=O)c2ccc(C)c(C(=O)Nc3c(C(N)=O)n[nH]c3C)c2)c1. The number of rotatable bonds is 6. The Kier molecular flexibility index (Phi) is 5.61. The lowest BCUT2D eigenvalue weighted by atomic mass is 10.1. The molecule has 0 aliphatic heterocycles. The minimum Gasteiger partial charge on any atom is -0.364 e. The average molecular weight is 427 g/mol. The van der Waals surface area contributed by atoms with E-state index >= 15 is 0 Å². The number of aromatic amines is 1. The van der Waals surface area contributed by atoms with Crippen molar-refractivity contribution in [2.45, 2.75) is 25.7 Å². The van der Waals surface area contributed by atoms with Crippen LogP contribution in [0.25, 0.3) is 0 Å². The van der Waals surface area contributed by atoms with E-state index in [2.05, 4.69) is 20.2 Å². The van der Waals surface area contributed by atoms with Gasteiger partial charge in [-0.2, -0.15) is 5.10 Å². The number of hydrogen-bond donors (Lipinski definition) is 4. The van der Waals surface area contributed by atoms with Crippen molar-refractivity contribution in [2.75, 3.05) is 10.0 Å². The molecule has 3 aromatic rings. The predicted molar refractivity (Wildman–Crippen MR) is 113 cm³/mol. The zero-order chi connectivity index (χ0) is 22.1. The molecule has 0 aliphatic carbocycles. The van der Waals surface area contributed by atoms with Crippen LogP contribution in [0.15, 0.2) is 47.4 Å². The zero-order valence-corrected chi connectivity index (χ0v) is 17.4. The summed E-state index contributed by atoms with van der Waals surface area (Å²) in [6.45, 7) is 5.15. The van der Waals surface area contributed by atoms with Crippen molar-refractivity contribution in [3.63, 3.8) is 0 Å². The first kappa shape index (κ1) is 21.1. The third kappa shape index (κ3) is 4.33. The first-order chi connectivity index (χ1) is 14.1. The summed E-state index contributed by atoms with van der Waals surface area (Å²) in [6, 6.07) is 11.2. The molecule has 30 heavy (non-hydrogen) atoms. The number of nitrogens with two attached hydrogens (primary N) is 1. The van der Waals surface area contributed by atoms with E-state index in [1.165, 1.54) is 18.2 Å². The van der Waals surface area contributed by atoms with Crippen molar-refractivity contribution in [3.05, 3.63) is 70.5 Å². The van der Waals surface area contributed by atoms with Gasteiger partial charge in [0.2, 0.25) is 0 Å². The summed E-state index contributed by atoms with van der Waals surface area (Å²) >= 11 is 0. The van der Waals surface area contributed by atoms with Gasteiger partial charge in [-0.1, -0.05) is 18.2 Å². The Morgan fingerprint density at radius 3 is 2.47 bits per heavy atom. The van der Waals surface area contributed by atoms with E-state index in [1.54, 1.807) is 32.0 Å². The number of H-pyrrole nitrogens is 1. The van der Waals surface area contributed by atoms with Gasteiger partial charge in [-0.15, -0.1) is 0 Å². The smallest absolute Gasteiger partial charge is 0.271 e. The summed E-state index contributed by atoms with van der Waals surface area (Å²) in [5, 5.41) is 8.95. The topological polar surface area (TPSA) is 147 Å². The Hall–Kier alpha value is -3.66. The molecule has 0 saturated heterocycles. The molecule has 1 aromatic heterocycles. The maximum atomic E-state index is 12.8. The molecule has 10 heteroatoms. The average Bonchev–Trinajstić information content (AvgIpc) is 3.02. The maximum absolute atomic E-state index is 12.8. The molecular weight excluding hydrogens is 406 g/mol. The summed E-state index contributed by atoms with van der Waals surface area (Å²) in [6.07, 6.45) is 0. The largest absolute Gasteiger partial charge is 0.364 e. The van der Waals surface area contributed by atoms with Gasteiger partial charge >= 0.3 is 0 Å². The fraction of sp³-hybridized carbons (Fsp3) is 0.150. The number of aromatic nitrogens is 2. The van der Waals surface area contributed by atoms with Gasteiger partial charge in [0.15, 0.2) is 5.69 Å². The summed E-state index contributed by atoms with van der Waals surface area (Å²) in [7, 11) is -3.92. The van der Waals surface area contributed by atoms with Crippen LogP contribution in [-0.4, -0.2) is 30.4 Å². The van der Waals surface area contributed by atoms with Crippen molar-refractivity contribution in [1.82, 2.24) is 10.2 Å². The van der Waals surface area contributed by atoms with Crippen molar-refractivity contribution in [1.29, 1.82) is 0 Å². The number of carbonyl (C=O) groups is 2. The third-order valence-electron chi connectivity index (χ3n) is 4.45. The van der Waals surface area contributed by atoms with Crippen molar-refractivity contribution < 1.29 is 18.0 Å². The molecule has 1 heterocycles. The molecule has 0 saturated carbocycles. The monoisotopic (exact) mass is 427 g/mol. The van der Waals surface area contributed by atoms with Crippen LogP contribution in [0, 0.1) is 20.8 Å². The van der Waals surface area contributed by atoms with Crippen molar-refractivity contribution >= 4 is 33.2 Å². The van der Waals surface area contributed by atoms with Crippen molar-refractivity contribution in [2.24, 2.45) is 5.73 Å². The predicted octanol–water partition coefficient (Wildman–Crippen LogP) is 2.49. The van der Waals surface area contributed by atoms with Crippen LogP contribution in [0.2, 0.25) is 0 Å². The number of hydrogen-bond acceptors (Lipinski definition) is 5. The standard InChI is InChI=1S/C20H21N5O4S/c1-11-5-4-6-14(9-11)25-30(28,29)15-8-7-12(2)16(10-15)20(27)22-17-13(3)23-24-18(17)19(21)26/h4-10,25H,1-3H3,(H2,21,26)(H,22,27)(H,23,24). The Balaban J connectivity index is 1.92. The molecule has 0 aliphatic rings. The zero-order valence-electron chi connectivity index (χ0n) is 16.6. The number of carbonyl (C=O) groups excluding carboxylic acids is 2. The van der Waals surface area contributed by atoms with Gasteiger partial charge in [0.1, 0.15) is 0 Å². The molecule has 9 nitrogen and oxygen atoms in total. The molecule has 0 fully saturated rings. The highest BCUT2D eigenvalue weighted by atomic mass is 32.2. The molecule has 0 radical (unpaired) electrons. The van der Waals surface area contributed by atoms with E-state index in [-0.39, 0.29) is 21.8 Å². The molecule has 2 aromatic carbocycles. The quantitative estimate of drug-likeness (QED) is 0.477. The van der Waals surface area contributed by atoms with Gasteiger partial charge < -0.3 is 11.1 Å². The number of primary amides is 1. The number of amides is 2. The van der Waals surface area contributed by atoms with E-state index in [9.17, 15) is 18.0 Å². The lowest BCUT2D eigenvalue weighted by Crippen LogP contribution is -2.20. The van der Waals surface area contributed by atoms with Gasteiger partial charge in [-0.25, -0.2) is 8.42 Å². The third-order valence-corrected chi connectivity index (χ3v) is 5.83. The molecule has 0 bridgehead atoms. The Bertz CT molecular complexity index is 1250. The van der Waals surface area contributed by atoms with Gasteiger partial charge in [-0.05, 0) is 56.2 Å².